The van der Waals surface area contributed by atoms with Crippen molar-refractivity contribution < 1.29 is 17.6 Å². The van der Waals surface area contributed by atoms with Gasteiger partial charge in [0.05, 0.1) is 18.7 Å². The first-order valence-electron chi connectivity index (χ1n) is 15.3. The monoisotopic (exact) mass is 816 g/mol. The van der Waals surface area contributed by atoms with E-state index in [9.17, 15) is 0 Å². The van der Waals surface area contributed by atoms with Crippen molar-refractivity contribution in [1.29, 1.82) is 0 Å². The van der Waals surface area contributed by atoms with Crippen molar-refractivity contribution in [3.8, 4) is 40.4 Å². The molecular formula is C35H34Br2F4S4. The average molecular weight is 819 g/mol. The quantitative estimate of drug-likeness (QED) is 0.0595. The fourth-order valence-corrected chi connectivity index (χ4v) is 11.4. The zero-order valence-electron chi connectivity index (χ0n) is 25.4. The van der Waals surface area contributed by atoms with Gasteiger partial charge in [0, 0.05) is 29.3 Å². The van der Waals surface area contributed by atoms with Crippen molar-refractivity contribution in [2.75, 3.05) is 0 Å². The Bertz CT molecular complexity index is 1750. The summed E-state index contributed by atoms with van der Waals surface area (Å²) in [6.45, 7) is 6.17. The van der Waals surface area contributed by atoms with Gasteiger partial charge in [-0.15, -0.1) is 45.3 Å². The Kier molecular flexibility index (Phi) is 12.2. The summed E-state index contributed by atoms with van der Waals surface area (Å²) in [7, 11) is 0. The van der Waals surface area contributed by atoms with Gasteiger partial charge in [0.2, 0.25) is 0 Å². The number of thiophene rings is 4. The van der Waals surface area contributed by atoms with E-state index >= 15 is 17.6 Å². The van der Waals surface area contributed by atoms with Crippen molar-refractivity contribution in [1.82, 2.24) is 0 Å². The Labute approximate surface area is 295 Å². The highest BCUT2D eigenvalue weighted by Crippen LogP contribution is 2.48. The molecule has 1 aromatic carbocycles. The maximum absolute atomic E-state index is 15.9. The first-order valence-corrected chi connectivity index (χ1v) is 20.1. The maximum atomic E-state index is 15.9. The molecule has 4 heterocycles. The number of unbranched alkanes of at least 4 members (excludes halogenated alkanes) is 6. The second kappa shape index (κ2) is 15.7. The van der Waals surface area contributed by atoms with Crippen molar-refractivity contribution in [3.63, 3.8) is 0 Å². The summed E-state index contributed by atoms with van der Waals surface area (Å²) < 4.78 is 65.3. The van der Waals surface area contributed by atoms with E-state index < -0.39 is 34.4 Å². The Morgan fingerprint density at radius 2 is 1.09 bits per heavy atom. The highest BCUT2D eigenvalue weighted by atomic mass is 79.9. The van der Waals surface area contributed by atoms with E-state index in [1.807, 2.05) is 19.1 Å². The van der Waals surface area contributed by atoms with Crippen molar-refractivity contribution in [2.24, 2.45) is 0 Å². The SMILES string of the molecule is CCCCCCc1cc(-c2sc(-c3c(F)c(F)c(-c4cc(C)c(-c5ccc(Br)s5)s4)c(F)c3F)cc2CCCCCC)sc1Br. The van der Waals surface area contributed by atoms with Crippen LogP contribution in [0.2, 0.25) is 0 Å². The van der Waals surface area contributed by atoms with Gasteiger partial charge in [-0.3, -0.25) is 0 Å². The van der Waals surface area contributed by atoms with Crippen LogP contribution in [0.5, 0.6) is 0 Å². The number of aryl methyl sites for hydroxylation is 3. The Hall–Kier alpha value is -1.30. The van der Waals surface area contributed by atoms with Crippen LogP contribution in [0.3, 0.4) is 0 Å². The van der Waals surface area contributed by atoms with Crippen LogP contribution in [0, 0.1) is 30.2 Å². The van der Waals surface area contributed by atoms with Crippen LogP contribution in [-0.2, 0) is 12.8 Å². The Morgan fingerprint density at radius 1 is 0.556 bits per heavy atom. The van der Waals surface area contributed by atoms with Crippen LogP contribution < -0.4 is 0 Å². The molecule has 0 radical (unpaired) electrons. The van der Waals surface area contributed by atoms with Crippen LogP contribution in [-0.4, -0.2) is 0 Å². The third-order valence-electron chi connectivity index (χ3n) is 7.86. The number of benzene rings is 1. The van der Waals surface area contributed by atoms with E-state index in [2.05, 4.69) is 51.8 Å². The number of hydrogen-bond acceptors (Lipinski definition) is 4. The van der Waals surface area contributed by atoms with E-state index in [0.717, 1.165) is 94.5 Å². The van der Waals surface area contributed by atoms with Crippen LogP contribution in [0.25, 0.3) is 40.4 Å². The summed E-state index contributed by atoms with van der Waals surface area (Å²) in [5.74, 6) is -5.44. The molecule has 0 atom stereocenters. The number of rotatable bonds is 14. The van der Waals surface area contributed by atoms with Gasteiger partial charge in [-0.05, 0) is 111 Å². The Morgan fingerprint density at radius 3 is 1.64 bits per heavy atom. The molecule has 0 nitrogen and oxygen atoms in total. The number of halogens is 6. The normalized spacial score (nSPS) is 11.7. The minimum atomic E-state index is -1.36. The topological polar surface area (TPSA) is 0 Å². The van der Waals surface area contributed by atoms with Crippen molar-refractivity contribution >= 4 is 77.2 Å². The molecule has 45 heavy (non-hydrogen) atoms. The summed E-state index contributed by atoms with van der Waals surface area (Å²) in [5, 5.41) is 0. The first kappa shape index (κ1) is 35.0. The minimum absolute atomic E-state index is 0.157. The predicted octanol–water partition coefficient (Wildman–Crippen LogP) is 15.2. The molecule has 0 saturated heterocycles. The molecule has 240 valence electrons. The lowest BCUT2D eigenvalue weighted by Gasteiger charge is -2.10. The lowest BCUT2D eigenvalue weighted by atomic mass is 10.0. The molecule has 5 aromatic rings. The first-order chi connectivity index (χ1) is 21.6. The third-order valence-corrected chi connectivity index (χ3v) is 14.3. The van der Waals surface area contributed by atoms with Gasteiger partial charge < -0.3 is 0 Å². The fourth-order valence-electron chi connectivity index (χ4n) is 5.47. The van der Waals surface area contributed by atoms with E-state index in [-0.39, 0.29) is 9.75 Å². The predicted molar refractivity (Wildman–Crippen MR) is 195 cm³/mol. The summed E-state index contributed by atoms with van der Waals surface area (Å²) in [5.41, 5.74) is 1.68. The Balaban J connectivity index is 1.55. The molecule has 0 saturated carbocycles. The lowest BCUT2D eigenvalue weighted by Crippen LogP contribution is -2.02. The van der Waals surface area contributed by atoms with E-state index in [4.69, 9.17) is 0 Å². The van der Waals surface area contributed by atoms with E-state index in [1.54, 1.807) is 23.5 Å². The molecule has 0 aliphatic heterocycles. The molecule has 0 spiro atoms. The minimum Gasteiger partial charge on any atom is -0.203 e. The summed E-state index contributed by atoms with van der Waals surface area (Å²) >= 11 is 12.6. The highest BCUT2D eigenvalue weighted by molar-refractivity contribution is 9.11. The van der Waals surface area contributed by atoms with E-state index in [0.29, 0.717) is 0 Å². The molecule has 0 N–H and O–H groups in total. The molecule has 5 rings (SSSR count). The fraction of sp³-hybridized carbons (Fsp3) is 0.371. The second-order valence-corrected chi connectivity index (χ2v) is 18.2. The third kappa shape index (κ3) is 7.72. The van der Waals surface area contributed by atoms with Crippen LogP contribution in [0.1, 0.15) is 81.9 Å². The van der Waals surface area contributed by atoms with Gasteiger partial charge in [0.1, 0.15) is 0 Å². The van der Waals surface area contributed by atoms with Gasteiger partial charge in [0.15, 0.2) is 23.3 Å². The molecule has 0 bridgehead atoms. The van der Waals surface area contributed by atoms with Crippen molar-refractivity contribution in [3.05, 3.63) is 77.9 Å². The van der Waals surface area contributed by atoms with Crippen LogP contribution in [0.4, 0.5) is 17.6 Å². The highest BCUT2D eigenvalue weighted by Gasteiger charge is 2.30. The second-order valence-electron chi connectivity index (χ2n) is 11.2. The zero-order valence-corrected chi connectivity index (χ0v) is 31.8. The smallest absolute Gasteiger partial charge is 0.171 e. The molecule has 10 heteroatoms. The summed E-state index contributed by atoms with van der Waals surface area (Å²) in [6.07, 6.45) is 10.5. The summed E-state index contributed by atoms with van der Waals surface area (Å²) in [4.78, 5) is 4.01. The van der Waals surface area contributed by atoms with Crippen molar-refractivity contribution in [2.45, 2.75) is 85.0 Å². The lowest BCUT2D eigenvalue weighted by molar-refractivity contribution is 0.463. The molecule has 0 fully saturated rings. The largest absolute Gasteiger partial charge is 0.203 e. The number of hydrogen-bond donors (Lipinski definition) is 0. The zero-order chi connectivity index (χ0) is 32.2. The van der Waals surface area contributed by atoms with Crippen LogP contribution >= 0.6 is 77.2 Å². The molecule has 0 unspecified atom stereocenters. The van der Waals surface area contributed by atoms with E-state index in [1.165, 1.54) is 47.5 Å². The van der Waals surface area contributed by atoms with Crippen LogP contribution in [0.15, 0.2) is 37.9 Å². The summed E-state index contributed by atoms with van der Waals surface area (Å²) in [6, 6.07) is 9.29. The maximum Gasteiger partial charge on any atom is 0.171 e. The molecule has 0 aliphatic carbocycles. The molecule has 4 aromatic heterocycles. The van der Waals surface area contributed by atoms with Gasteiger partial charge in [-0.2, -0.15) is 0 Å². The standard InChI is InChI=1S/C35H34Br2F4S4/c1-4-6-8-10-12-20-17-24(44-34(20)25-18-21(35(37)45-25)13-11-9-7-5-2)28-31(40)29(38)27(30(39)32(28)41)23-16-19(3)33(43-23)22-14-15-26(36)42-22/h14-18H,4-13H2,1-3H3. The van der Waals surface area contributed by atoms with Gasteiger partial charge >= 0.3 is 0 Å². The average Bonchev–Trinajstić information content (AvgIpc) is 3.80. The van der Waals surface area contributed by atoms with Gasteiger partial charge in [0.25, 0.3) is 0 Å². The molecule has 0 aliphatic rings. The van der Waals surface area contributed by atoms with Gasteiger partial charge in [-0.25, -0.2) is 17.6 Å². The molecular weight excluding hydrogens is 784 g/mol. The van der Waals surface area contributed by atoms with Gasteiger partial charge in [-0.1, -0.05) is 52.4 Å². The molecule has 0 amide bonds.